The fourth-order valence-corrected chi connectivity index (χ4v) is 2.15. The van der Waals surface area contributed by atoms with Crippen LogP contribution in [0.1, 0.15) is 11.8 Å². The first kappa shape index (κ1) is 12.8. The number of benzene rings is 1. The summed E-state index contributed by atoms with van der Waals surface area (Å²) >= 11 is 1.42. The summed E-state index contributed by atoms with van der Waals surface area (Å²) in [6.45, 7) is 2.93. The third-order valence-corrected chi connectivity index (χ3v) is 3.10. The maximum absolute atomic E-state index is 13.3. The van der Waals surface area contributed by atoms with Crippen molar-refractivity contribution < 1.29 is 13.5 Å². The molecule has 0 atom stereocenters. The van der Waals surface area contributed by atoms with E-state index in [-0.39, 0.29) is 12.4 Å². The van der Waals surface area contributed by atoms with Crippen LogP contribution in [0.5, 0.6) is 5.75 Å². The van der Waals surface area contributed by atoms with E-state index in [4.69, 9.17) is 4.74 Å². The summed E-state index contributed by atoms with van der Waals surface area (Å²) in [5.74, 6) is -1.97. The number of ether oxygens (including phenoxy) is 1. The SMILES string of the molecule is CCNc1ncc(COc2cccc(F)c2F)s1. The predicted octanol–water partition coefficient (Wildman–Crippen LogP) is 3.43. The van der Waals surface area contributed by atoms with Crippen LogP contribution < -0.4 is 10.1 Å². The van der Waals surface area contributed by atoms with Gasteiger partial charge in [-0.05, 0) is 19.1 Å². The molecule has 0 saturated heterocycles. The van der Waals surface area contributed by atoms with Crippen LogP contribution in [0.2, 0.25) is 0 Å². The highest BCUT2D eigenvalue weighted by Crippen LogP contribution is 2.23. The second-order valence-electron chi connectivity index (χ2n) is 3.50. The van der Waals surface area contributed by atoms with Crippen molar-refractivity contribution >= 4 is 16.5 Å². The van der Waals surface area contributed by atoms with Gasteiger partial charge in [-0.3, -0.25) is 0 Å². The highest BCUT2D eigenvalue weighted by atomic mass is 32.1. The summed E-state index contributed by atoms with van der Waals surface area (Å²) in [7, 11) is 0. The lowest BCUT2D eigenvalue weighted by Gasteiger charge is -2.05. The van der Waals surface area contributed by atoms with Crippen molar-refractivity contribution in [3.8, 4) is 5.75 Å². The monoisotopic (exact) mass is 270 g/mol. The fraction of sp³-hybridized carbons (Fsp3) is 0.250. The first-order valence-electron chi connectivity index (χ1n) is 5.46. The van der Waals surface area contributed by atoms with Crippen LogP contribution in [0, 0.1) is 11.6 Å². The molecule has 1 aromatic carbocycles. The van der Waals surface area contributed by atoms with Gasteiger partial charge in [0.05, 0.1) is 4.88 Å². The van der Waals surface area contributed by atoms with Gasteiger partial charge in [-0.2, -0.15) is 4.39 Å². The van der Waals surface area contributed by atoms with Crippen LogP contribution in [0.4, 0.5) is 13.9 Å². The zero-order valence-electron chi connectivity index (χ0n) is 9.74. The molecule has 3 nitrogen and oxygen atoms in total. The summed E-state index contributed by atoms with van der Waals surface area (Å²) in [5, 5.41) is 3.85. The van der Waals surface area contributed by atoms with Gasteiger partial charge < -0.3 is 10.1 Å². The highest BCUT2D eigenvalue weighted by Gasteiger charge is 2.09. The molecule has 0 radical (unpaired) electrons. The van der Waals surface area contributed by atoms with Crippen molar-refractivity contribution in [3.05, 3.63) is 40.9 Å². The Kier molecular flexibility index (Phi) is 4.09. The normalized spacial score (nSPS) is 10.4. The molecule has 1 aromatic heterocycles. The number of nitrogens with zero attached hydrogens (tertiary/aromatic N) is 1. The largest absolute Gasteiger partial charge is 0.485 e. The van der Waals surface area contributed by atoms with Crippen LogP contribution >= 0.6 is 11.3 Å². The molecule has 0 aliphatic carbocycles. The second-order valence-corrected chi connectivity index (χ2v) is 4.62. The second kappa shape index (κ2) is 5.77. The number of rotatable bonds is 5. The smallest absolute Gasteiger partial charge is 0.200 e. The molecule has 6 heteroatoms. The number of aromatic nitrogens is 1. The van der Waals surface area contributed by atoms with Crippen LogP contribution in [-0.4, -0.2) is 11.5 Å². The zero-order valence-corrected chi connectivity index (χ0v) is 10.6. The molecule has 1 N–H and O–H groups in total. The number of halogens is 2. The molecule has 18 heavy (non-hydrogen) atoms. The molecule has 2 aromatic rings. The van der Waals surface area contributed by atoms with E-state index in [1.165, 1.54) is 23.5 Å². The maximum Gasteiger partial charge on any atom is 0.200 e. The first-order valence-corrected chi connectivity index (χ1v) is 6.27. The van der Waals surface area contributed by atoms with Gasteiger partial charge in [0.1, 0.15) is 6.61 Å². The Morgan fingerprint density at radius 1 is 1.39 bits per heavy atom. The highest BCUT2D eigenvalue weighted by molar-refractivity contribution is 7.15. The minimum atomic E-state index is -0.964. The standard InChI is InChI=1S/C12H12F2N2OS/c1-2-15-12-16-6-8(18-12)7-17-10-5-3-4-9(13)11(10)14/h3-6H,2,7H2,1H3,(H,15,16). The van der Waals surface area contributed by atoms with Crippen molar-refractivity contribution in [1.82, 2.24) is 4.98 Å². The molecule has 2 rings (SSSR count). The maximum atomic E-state index is 13.3. The van der Waals surface area contributed by atoms with E-state index in [0.29, 0.717) is 0 Å². The summed E-state index contributed by atoms with van der Waals surface area (Å²) < 4.78 is 31.5. The van der Waals surface area contributed by atoms with E-state index >= 15 is 0 Å². The van der Waals surface area contributed by atoms with Gasteiger partial charge in [0.25, 0.3) is 0 Å². The van der Waals surface area contributed by atoms with Gasteiger partial charge in [-0.15, -0.1) is 0 Å². The quantitative estimate of drug-likeness (QED) is 0.903. The van der Waals surface area contributed by atoms with E-state index in [0.717, 1.165) is 22.6 Å². The lowest BCUT2D eigenvalue weighted by atomic mass is 10.3. The molecule has 0 amide bonds. The minimum Gasteiger partial charge on any atom is -0.485 e. The fourth-order valence-electron chi connectivity index (χ4n) is 1.35. The zero-order chi connectivity index (χ0) is 13.0. The van der Waals surface area contributed by atoms with E-state index in [2.05, 4.69) is 10.3 Å². The Balaban J connectivity index is 2.00. The third kappa shape index (κ3) is 2.95. The first-order chi connectivity index (χ1) is 8.70. The topological polar surface area (TPSA) is 34.2 Å². The lowest BCUT2D eigenvalue weighted by Crippen LogP contribution is -1.97. The molecule has 0 spiro atoms. The van der Waals surface area contributed by atoms with Crippen molar-refractivity contribution in [1.29, 1.82) is 0 Å². The van der Waals surface area contributed by atoms with Gasteiger partial charge in [-0.1, -0.05) is 17.4 Å². The van der Waals surface area contributed by atoms with Gasteiger partial charge >= 0.3 is 0 Å². The van der Waals surface area contributed by atoms with E-state index in [9.17, 15) is 8.78 Å². The van der Waals surface area contributed by atoms with Gasteiger partial charge in [0.2, 0.25) is 5.82 Å². The molecule has 0 unspecified atom stereocenters. The molecular formula is C12H12F2N2OS. The summed E-state index contributed by atoms with van der Waals surface area (Å²) in [6, 6.07) is 3.85. The van der Waals surface area contributed by atoms with Gasteiger partial charge in [0.15, 0.2) is 16.7 Å². The van der Waals surface area contributed by atoms with Crippen LogP contribution in [0.3, 0.4) is 0 Å². The van der Waals surface area contributed by atoms with E-state index in [1.54, 1.807) is 6.20 Å². The Bertz CT molecular complexity index is 531. The number of nitrogens with one attached hydrogen (secondary N) is 1. The Labute approximate surface area is 107 Å². The Hall–Kier alpha value is -1.69. The third-order valence-electron chi connectivity index (χ3n) is 2.17. The summed E-state index contributed by atoms with van der Waals surface area (Å²) in [4.78, 5) is 4.96. The number of thiazole rings is 1. The van der Waals surface area contributed by atoms with Crippen LogP contribution in [0.15, 0.2) is 24.4 Å². The molecule has 0 bridgehead atoms. The summed E-state index contributed by atoms with van der Waals surface area (Å²) in [5.41, 5.74) is 0. The molecule has 0 saturated carbocycles. The van der Waals surface area contributed by atoms with Crippen LogP contribution in [-0.2, 0) is 6.61 Å². The molecular weight excluding hydrogens is 258 g/mol. The molecule has 0 aliphatic heterocycles. The summed E-state index contributed by atoms with van der Waals surface area (Å²) in [6.07, 6.45) is 1.65. The van der Waals surface area contributed by atoms with Gasteiger partial charge in [0, 0.05) is 12.7 Å². The molecule has 1 heterocycles. The Morgan fingerprint density at radius 2 is 2.22 bits per heavy atom. The number of hydrogen-bond donors (Lipinski definition) is 1. The average Bonchev–Trinajstić information content (AvgIpc) is 2.79. The minimum absolute atomic E-state index is 0.0894. The molecule has 0 fully saturated rings. The number of hydrogen-bond acceptors (Lipinski definition) is 4. The van der Waals surface area contributed by atoms with Crippen molar-refractivity contribution in [3.63, 3.8) is 0 Å². The molecule has 96 valence electrons. The van der Waals surface area contributed by atoms with Crippen molar-refractivity contribution in [2.24, 2.45) is 0 Å². The van der Waals surface area contributed by atoms with E-state index < -0.39 is 11.6 Å². The average molecular weight is 270 g/mol. The van der Waals surface area contributed by atoms with Gasteiger partial charge in [-0.25, -0.2) is 9.37 Å². The van der Waals surface area contributed by atoms with E-state index in [1.807, 2.05) is 6.92 Å². The lowest BCUT2D eigenvalue weighted by molar-refractivity contribution is 0.287. The Morgan fingerprint density at radius 3 is 3.00 bits per heavy atom. The number of anilines is 1. The molecule has 0 aliphatic rings. The van der Waals surface area contributed by atoms with Crippen molar-refractivity contribution in [2.45, 2.75) is 13.5 Å². The van der Waals surface area contributed by atoms with Crippen molar-refractivity contribution in [2.75, 3.05) is 11.9 Å². The predicted molar refractivity (Wildman–Crippen MR) is 67.0 cm³/mol. The van der Waals surface area contributed by atoms with Crippen LogP contribution in [0.25, 0.3) is 0 Å².